The molecule has 252 valence electrons. The molecule has 4 aromatic carbocycles. The van der Waals surface area contributed by atoms with Crippen molar-refractivity contribution in [2.45, 2.75) is 50.0 Å². The van der Waals surface area contributed by atoms with Crippen LogP contribution in [0.15, 0.2) is 91.0 Å². The first-order valence-corrected chi connectivity index (χ1v) is 16.6. The number of carbonyl (C=O) groups excluding carboxylic acids is 3. The maximum atomic E-state index is 13.1. The van der Waals surface area contributed by atoms with E-state index in [1.54, 1.807) is 30.3 Å². The number of halogens is 1. The Kier molecular flexibility index (Phi) is 9.34. The minimum Gasteiger partial charge on any atom is -0.392 e. The third kappa shape index (κ3) is 7.16. The smallest absolute Gasteiger partial charge is 0.346 e. The van der Waals surface area contributed by atoms with Crippen molar-refractivity contribution in [2.75, 3.05) is 25.0 Å². The molecule has 49 heavy (non-hydrogen) atoms. The van der Waals surface area contributed by atoms with Gasteiger partial charge < -0.3 is 34.6 Å². The number of anilines is 1. The van der Waals surface area contributed by atoms with Crippen molar-refractivity contribution in [1.82, 2.24) is 4.90 Å². The SMILES string of the molecule is O=C(Nc1cccc(C2O[C@H](CN3CCC(O)(c4ccc(Cl)cc4)CC3)C[C@H](c3ccc(CO)cc3)O2)c1)c1ccc2c(c1)C(=O)OC2=O. The molecule has 3 atom stereocenters. The van der Waals surface area contributed by atoms with Crippen LogP contribution in [0.5, 0.6) is 0 Å². The fourth-order valence-corrected chi connectivity index (χ4v) is 6.79. The molecule has 2 fully saturated rings. The van der Waals surface area contributed by atoms with Gasteiger partial charge in [-0.25, -0.2) is 9.59 Å². The van der Waals surface area contributed by atoms with Crippen LogP contribution >= 0.6 is 11.6 Å². The van der Waals surface area contributed by atoms with Gasteiger partial charge in [0, 0.05) is 47.9 Å². The fourth-order valence-electron chi connectivity index (χ4n) is 6.67. The number of rotatable bonds is 8. The van der Waals surface area contributed by atoms with Crippen LogP contribution in [0.4, 0.5) is 5.69 Å². The quantitative estimate of drug-likeness (QED) is 0.153. The van der Waals surface area contributed by atoms with Gasteiger partial charge >= 0.3 is 11.9 Å². The molecule has 0 bridgehead atoms. The number of nitrogens with one attached hydrogen (secondary N) is 1. The Hall–Kier alpha value is -4.42. The molecule has 11 heteroatoms. The van der Waals surface area contributed by atoms with E-state index in [9.17, 15) is 24.6 Å². The first-order chi connectivity index (χ1) is 23.7. The zero-order valence-corrected chi connectivity index (χ0v) is 27.3. The average molecular weight is 683 g/mol. The lowest BCUT2D eigenvalue weighted by Gasteiger charge is -2.42. The number of piperidine rings is 1. The molecule has 1 unspecified atom stereocenters. The van der Waals surface area contributed by atoms with Crippen molar-refractivity contribution >= 4 is 35.1 Å². The van der Waals surface area contributed by atoms with Crippen LogP contribution in [0.25, 0.3) is 0 Å². The Morgan fingerprint density at radius 2 is 1.61 bits per heavy atom. The van der Waals surface area contributed by atoms with Crippen molar-refractivity contribution in [3.63, 3.8) is 0 Å². The topological polar surface area (TPSA) is 135 Å². The summed E-state index contributed by atoms with van der Waals surface area (Å²) in [6, 6.07) is 26.5. The van der Waals surface area contributed by atoms with E-state index >= 15 is 0 Å². The molecule has 4 aromatic rings. The highest BCUT2D eigenvalue weighted by Crippen LogP contribution is 2.40. The van der Waals surface area contributed by atoms with E-state index in [1.165, 1.54) is 18.2 Å². The number of fused-ring (bicyclic) bond motifs is 1. The predicted molar refractivity (Wildman–Crippen MR) is 180 cm³/mol. The Balaban J connectivity index is 1.07. The summed E-state index contributed by atoms with van der Waals surface area (Å²) in [6.45, 7) is 1.97. The number of amides is 1. The van der Waals surface area contributed by atoms with Gasteiger partial charge in [-0.15, -0.1) is 0 Å². The lowest BCUT2D eigenvalue weighted by molar-refractivity contribution is -0.253. The van der Waals surface area contributed by atoms with Crippen LogP contribution in [0.1, 0.15) is 85.0 Å². The van der Waals surface area contributed by atoms with E-state index in [4.69, 9.17) is 21.1 Å². The van der Waals surface area contributed by atoms with Gasteiger partial charge in [0.05, 0.1) is 35.5 Å². The number of esters is 2. The maximum Gasteiger partial charge on any atom is 0.346 e. The normalized spacial score (nSPS) is 22.0. The Labute approximate surface area is 288 Å². The molecule has 0 spiro atoms. The Bertz CT molecular complexity index is 1870. The summed E-state index contributed by atoms with van der Waals surface area (Å²) in [5.74, 6) is -1.96. The minimum atomic E-state index is -0.914. The molecule has 3 N–H and O–H groups in total. The minimum absolute atomic E-state index is 0.0519. The molecule has 10 nitrogen and oxygen atoms in total. The second-order valence-corrected chi connectivity index (χ2v) is 13.1. The maximum absolute atomic E-state index is 13.1. The molecule has 3 aliphatic heterocycles. The van der Waals surface area contributed by atoms with Crippen LogP contribution in [0.3, 0.4) is 0 Å². The number of likely N-dealkylation sites (tertiary alicyclic amines) is 1. The second kappa shape index (κ2) is 13.8. The van der Waals surface area contributed by atoms with Crippen molar-refractivity contribution in [3.8, 4) is 0 Å². The molecular weight excluding hydrogens is 648 g/mol. The molecule has 0 radical (unpaired) electrons. The number of nitrogens with zero attached hydrogens (tertiary/aromatic N) is 1. The third-order valence-electron chi connectivity index (χ3n) is 9.47. The number of hydrogen-bond donors (Lipinski definition) is 3. The zero-order chi connectivity index (χ0) is 34.1. The second-order valence-electron chi connectivity index (χ2n) is 12.7. The number of hydrogen-bond acceptors (Lipinski definition) is 9. The summed E-state index contributed by atoms with van der Waals surface area (Å²) in [7, 11) is 0. The van der Waals surface area contributed by atoms with Gasteiger partial charge in [0.1, 0.15) is 0 Å². The zero-order valence-electron chi connectivity index (χ0n) is 26.5. The van der Waals surface area contributed by atoms with Crippen LogP contribution in [-0.2, 0) is 26.4 Å². The van der Waals surface area contributed by atoms with Gasteiger partial charge in [-0.2, -0.15) is 0 Å². The van der Waals surface area contributed by atoms with Gasteiger partial charge in [-0.05, 0) is 72.0 Å². The largest absolute Gasteiger partial charge is 0.392 e. The summed E-state index contributed by atoms with van der Waals surface area (Å²) in [5.41, 5.74) is 3.32. The van der Waals surface area contributed by atoms with Crippen LogP contribution in [-0.4, -0.2) is 58.7 Å². The highest BCUT2D eigenvalue weighted by atomic mass is 35.5. The molecule has 0 aromatic heterocycles. The fraction of sp³-hybridized carbons (Fsp3) is 0.289. The lowest BCUT2D eigenvalue weighted by atomic mass is 9.84. The van der Waals surface area contributed by atoms with E-state index in [1.807, 2.05) is 42.5 Å². The highest BCUT2D eigenvalue weighted by Gasteiger charge is 2.38. The molecule has 0 saturated carbocycles. The number of carbonyl (C=O) groups is 3. The Morgan fingerprint density at radius 1 is 0.878 bits per heavy atom. The third-order valence-corrected chi connectivity index (χ3v) is 9.72. The van der Waals surface area contributed by atoms with Crippen LogP contribution in [0.2, 0.25) is 5.02 Å². The molecule has 0 aliphatic carbocycles. The van der Waals surface area contributed by atoms with Crippen molar-refractivity contribution in [3.05, 3.63) is 135 Å². The molecule has 2 saturated heterocycles. The van der Waals surface area contributed by atoms with E-state index in [2.05, 4.69) is 15.0 Å². The lowest BCUT2D eigenvalue weighted by Crippen LogP contribution is -2.46. The first kappa shape index (κ1) is 33.1. The number of aliphatic hydroxyl groups is 2. The average Bonchev–Trinajstić information content (AvgIpc) is 3.41. The molecule has 3 aliphatic rings. The summed E-state index contributed by atoms with van der Waals surface area (Å²) in [6.07, 6.45) is 0.532. The number of cyclic esters (lactones) is 2. The van der Waals surface area contributed by atoms with Gasteiger partial charge in [0.25, 0.3) is 5.91 Å². The van der Waals surface area contributed by atoms with Gasteiger partial charge in [0.2, 0.25) is 0 Å². The Morgan fingerprint density at radius 3 is 2.35 bits per heavy atom. The monoisotopic (exact) mass is 682 g/mol. The number of ether oxygens (including phenoxy) is 3. The van der Waals surface area contributed by atoms with Crippen molar-refractivity contribution in [1.29, 1.82) is 0 Å². The van der Waals surface area contributed by atoms with E-state index in [0.29, 0.717) is 55.2 Å². The number of aliphatic hydroxyl groups excluding tert-OH is 1. The van der Waals surface area contributed by atoms with E-state index < -0.39 is 29.7 Å². The van der Waals surface area contributed by atoms with Gasteiger partial charge in [-0.1, -0.05) is 60.1 Å². The van der Waals surface area contributed by atoms with E-state index in [0.717, 1.165) is 16.7 Å². The molecule has 3 heterocycles. The summed E-state index contributed by atoms with van der Waals surface area (Å²) >= 11 is 6.07. The summed E-state index contributed by atoms with van der Waals surface area (Å²) in [4.78, 5) is 39.3. The molecule has 1 amide bonds. The van der Waals surface area contributed by atoms with Crippen LogP contribution in [0, 0.1) is 0 Å². The van der Waals surface area contributed by atoms with Crippen molar-refractivity contribution in [2.24, 2.45) is 0 Å². The standard InChI is InChI=1S/C38H35ClN2O8/c39-28-11-9-27(10-12-28)38(46)14-16-41(17-15-38)21-30-20-33(24-6-4-23(22-42)5-7-24)48-37(47-30)26-2-1-3-29(18-26)40-34(43)25-8-13-31-32(19-25)36(45)49-35(31)44/h1-13,18-19,30,33,37,42,46H,14-17,20-22H2,(H,40,43)/t30-,33+,37?/m0/s1. The van der Waals surface area contributed by atoms with Gasteiger partial charge in [-0.3, -0.25) is 4.79 Å². The first-order valence-electron chi connectivity index (χ1n) is 16.2. The predicted octanol–water partition coefficient (Wildman–Crippen LogP) is 5.92. The van der Waals surface area contributed by atoms with Gasteiger partial charge in [0.15, 0.2) is 6.29 Å². The van der Waals surface area contributed by atoms with Crippen molar-refractivity contribution < 1.29 is 38.8 Å². The summed E-state index contributed by atoms with van der Waals surface area (Å²) < 4.78 is 17.7. The van der Waals surface area contributed by atoms with Crippen LogP contribution < -0.4 is 5.32 Å². The summed E-state index contributed by atoms with van der Waals surface area (Å²) in [5, 5.41) is 24.5. The highest BCUT2D eigenvalue weighted by molar-refractivity contribution is 6.30. The molecule has 7 rings (SSSR count). The van der Waals surface area contributed by atoms with E-state index in [-0.39, 0.29) is 35.5 Å². The molecular formula is C38H35ClN2O8. The number of benzene rings is 4.